The lowest BCUT2D eigenvalue weighted by Crippen LogP contribution is -2.53. The van der Waals surface area contributed by atoms with Crippen molar-refractivity contribution in [3.63, 3.8) is 0 Å². The van der Waals surface area contributed by atoms with E-state index in [4.69, 9.17) is 0 Å². The van der Waals surface area contributed by atoms with Gasteiger partial charge in [-0.25, -0.2) is 4.79 Å². The first-order chi connectivity index (χ1) is 16.9. The van der Waals surface area contributed by atoms with Crippen LogP contribution in [0.1, 0.15) is 55.5 Å². The van der Waals surface area contributed by atoms with Crippen molar-refractivity contribution in [3.8, 4) is 5.75 Å². The number of aromatic nitrogens is 1. The molecule has 0 bridgehead atoms. The quantitative estimate of drug-likeness (QED) is 0.310. The highest BCUT2D eigenvalue weighted by molar-refractivity contribution is 9.10. The number of nitrogens with one attached hydrogen (secondary N) is 2. The summed E-state index contributed by atoms with van der Waals surface area (Å²) in [5.74, 6) is -0.0154. The van der Waals surface area contributed by atoms with Crippen LogP contribution in [0.5, 0.6) is 5.75 Å². The van der Waals surface area contributed by atoms with Crippen LogP contribution in [0.25, 0.3) is 10.9 Å². The van der Waals surface area contributed by atoms with Crippen LogP contribution in [0, 0.1) is 0 Å². The van der Waals surface area contributed by atoms with E-state index in [0.29, 0.717) is 19.0 Å². The van der Waals surface area contributed by atoms with Crippen molar-refractivity contribution in [2.45, 2.75) is 56.7 Å². The molecule has 2 fully saturated rings. The smallest absolute Gasteiger partial charge is 0.328 e. The first-order valence-electron chi connectivity index (χ1n) is 12.3. The van der Waals surface area contributed by atoms with E-state index in [1.807, 2.05) is 25.1 Å². The maximum Gasteiger partial charge on any atom is 0.328 e. The molecule has 0 radical (unpaired) electrons. The van der Waals surface area contributed by atoms with Crippen molar-refractivity contribution in [1.29, 1.82) is 0 Å². The third kappa shape index (κ3) is 3.57. The number of hydrogen-bond donors (Lipinski definition) is 3. The van der Waals surface area contributed by atoms with Gasteiger partial charge in [0.15, 0.2) is 0 Å². The van der Waals surface area contributed by atoms with E-state index < -0.39 is 11.6 Å². The molecule has 182 valence electrons. The number of H-pyrrole nitrogens is 1. The molecule has 2 aliphatic heterocycles. The molecule has 1 aromatic heterocycles. The normalized spacial score (nSPS) is 24.1. The van der Waals surface area contributed by atoms with Crippen LogP contribution in [0.2, 0.25) is 0 Å². The zero-order valence-corrected chi connectivity index (χ0v) is 21.3. The van der Waals surface area contributed by atoms with Gasteiger partial charge in [-0.2, -0.15) is 0 Å². The molecule has 6 rings (SSSR count). The number of rotatable bonds is 6. The lowest BCUT2D eigenvalue weighted by atomic mass is 9.81. The highest BCUT2D eigenvalue weighted by atomic mass is 79.9. The number of carbonyl (C=O) groups excluding carboxylic acids is 2. The van der Waals surface area contributed by atoms with Gasteiger partial charge in [0, 0.05) is 40.1 Å². The van der Waals surface area contributed by atoms with Crippen LogP contribution in [0.3, 0.4) is 0 Å². The molecule has 0 unspecified atom stereocenters. The van der Waals surface area contributed by atoms with E-state index in [1.54, 1.807) is 23.1 Å². The number of urea groups is 1. The molecule has 3 heterocycles. The summed E-state index contributed by atoms with van der Waals surface area (Å²) in [5.41, 5.74) is 2.68. The summed E-state index contributed by atoms with van der Waals surface area (Å²) in [4.78, 5) is 34.3. The number of halogens is 1. The summed E-state index contributed by atoms with van der Waals surface area (Å²) in [7, 11) is 0. The Morgan fingerprint density at radius 3 is 2.77 bits per heavy atom. The van der Waals surface area contributed by atoms with E-state index in [9.17, 15) is 14.7 Å². The molecule has 1 saturated heterocycles. The standard InChI is InChI=1S/C27H29BrN4O3/c1-27-15-21-20-14-17(28)9-10-22(20)30-23(21)24(16-5-2-8-19(33)13-16)32(27)26(35)31(25(27)34)12-4-11-29-18-6-3-7-18/h2,5,8-10,13-14,18,24,29-30,33H,3-4,6-7,11-12,15H2,1H3/t24-,27+/m1/s1. The summed E-state index contributed by atoms with van der Waals surface area (Å²) >= 11 is 3.58. The van der Waals surface area contributed by atoms with Crippen molar-refractivity contribution in [2.75, 3.05) is 13.1 Å². The number of nitrogens with zero attached hydrogens (tertiary/aromatic N) is 2. The van der Waals surface area contributed by atoms with E-state index in [1.165, 1.54) is 24.2 Å². The van der Waals surface area contributed by atoms with Crippen LogP contribution in [-0.4, -0.2) is 56.5 Å². The number of aromatic hydroxyl groups is 1. The highest BCUT2D eigenvalue weighted by Gasteiger charge is 2.60. The molecule has 2 atom stereocenters. The second-order valence-electron chi connectivity index (χ2n) is 10.2. The summed E-state index contributed by atoms with van der Waals surface area (Å²) in [6.45, 7) is 3.08. The molecule has 1 aliphatic carbocycles. The molecule has 7 nitrogen and oxygen atoms in total. The van der Waals surface area contributed by atoms with Crippen LogP contribution in [-0.2, 0) is 11.2 Å². The van der Waals surface area contributed by atoms with Crippen molar-refractivity contribution in [1.82, 2.24) is 20.1 Å². The minimum Gasteiger partial charge on any atom is -0.508 e. The molecular weight excluding hydrogens is 508 g/mol. The van der Waals surface area contributed by atoms with Gasteiger partial charge in [-0.3, -0.25) is 14.6 Å². The van der Waals surface area contributed by atoms with Gasteiger partial charge in [0.2, 0.25) is 0 Å². The average molecular weight is 537 g/mol. The molecule has 3 aromatic rings. The Labute approximate surface area is 212 Å². The number of benzene rings is 2. The van der Waals surface area contributed by atoms with Crippen molar-refractivity contribution >= 4 is 38.8 Å². The number of hydrogen-bond acceptors (Lipinski definition) is 4. The van der Waals surface area contributed by atoms with Crippen molar-refractivity contribution < 1.29 is 14.7 Å². The maximum atomic E-state index is 13.8. The number of fused-ring (bicyclic) bond motifs is 4. The molecule has 35 heavy (non-hydrogen) atoms. The van der Waals surface area contributed by atoms with Gasteiger partial charge in [0.1, 0.15) is 17.3 Å². The molecule has 8 heteroatoms. The molecule has 3 aliphatic rings. The third-order valence-corrected chi connectivity index (χ3v) is 8.40. The largest absolute Gasteiger partial charge is 0.508 e. The second-order valence-corrected chi connectivity index (χ2v) is 11.1. The second kappa shape index (κ2) is 8.38. The lowest BCUT2D eigenvalue weighted by Gasteiger charge is -2.42. The van der Waals surface area contributed by atoms with Gasteiger partial charge in [-0.15, -0.1) is 0 Å². The van der Waals surface area contributed by atoms with Gasteiger partial charge >= 0.3 is 6.03 Å². The predicted octanol–water partition coefficient (Wildman–Crippen LogP) is 4.84. The zero-order valence-electron chi connectivity index (χ0n) is 19.7. The van der Waals surface area contributed by atoms with Crippen LogP contribution in [0.15, 0.2) is 46.9 Å². The minimum atomic E-state index is -1.00. The van der Waals surface area contributed by atoms with Gasteiger partial charge in [-0.05, 0) is 74.2 Å². The number of amides is 3. The van der Waals surface area contributed by atoms with Gasteiger partial charge in [-0.1, -0.05) is 34.5 Å². The number of carbonyl (C=O) groups is 2. The number of phenolic OH excluding ortho intramolecular Hbond substituents is 1. The SMILES string of the molecule is C[C@@]12Cc3c([nH]c4ccc(Br)cc34)[C@@H](c3cccc(O)c3)N1C(=O)N(CCCNC1CCC1)C2=O. The summed E-state index contributed by atoms with van der Waals surface area (Å²) in [6.07, 6.45) is 4.86. The Kier molecular flexibility index (Phi) is 5.41. The van der Waals surface area contributed by atoms with E-state index in [0.717, 1.165) is 45.2 Å². The summed E-state index contributed by atoms with van der Waals surface area (Å²) in [5, 5.41) is 14.8. The Morgan fingerprint density at radius 1 is 1.20 bits per heavy atom. The topological polar surface area (TPSA) is 88.7 Å². The monoisotopic (exact) mass is 536 g/mol. The Hall–Kier alpha value is -2.84. The van der Waals surface area contributed by atoms with E-state index in [-0.39, 0.29) is 17.7 Å². The van der Waals surface area contributed by atoms with Crippen molar-refractivity contribution in [2.24, 2.45) is 0 Å². The molecule has 1 saturated carbocycles. The third-order valence-electron chi connectivity index (χ3n) is 7.91. The first kappa shape index (κ1) is 22.6. The average Bonchev–Trinajstić information content (AvgIpc) is 3.23. The fraction of sp³-hybridized carbons (Fsp3) is 0.407. The van der Waals surface area contributed by atoms with Crippen molar-refractivity contribution in [3.05, 3.63) is 63.8 Å². The fourth-order valence-electron chi connectivity index (χ4n) is 5.88. The molecule has 2 aromatic carbocycles. The number of imide groups is 1. The van der Waals surface area contributed by atoms with Crippen LogP contribution in [0.4, 0.5) is 4.79 Å². The summed E-state index contributed by atoms with van der Waals surface area (Å²) in [6, 6.07) is 12.9. The molecule has 3 N–H and O–H groups in total. The molecule has 0 spiro atoms. The Morgan fingerprint density at radius 2 is 2.03 bits per heavy atom. The van der Waals surface area contributed by atoms with E-state index >= 15 is 0 Å². The van der Waals surface area contributed by atoms with Gasteiger partial charge in [0.05, 0.1) is 0 Å². The van der Waals surface area contributed by atoms with Crippen LogP contribution < -0.4 is 5.32 Å². The predicted molar refractivity (Wildman–Crippen MR) is 137 cm³/mol. The highest BCUT2D eigenvalue weighted by Crippen LogP contribution is 2.49. The number of phenols is 1. The molecular formula is C27H29BrN4O3. The minimum absolute atomic E-state index is 0.132. The van der Waals surface area contributed by atoms with Crippen LogP contribution >= 0.6 is 15.9 Å². The number of aromatic amines is 1. The maximum absolute atomic E-state index is 13.8. The lowest BCUT2D eigenvalue weighted by molar-refractivity contribution is -0.133. The fourth-order valence-corrected chi connectivity index (χ4v) is 6.24. The van der Waals surface area contributed by atoms with Gasteiger partial charge in [0.25, 0.3) is 5.91 Å². The molecule has 3 amide bonds. The Bertz CT molecular complexity index is 1330. The first-order valence-corrected chi connectivity index (χ1v) is 13.1. The Balaban J connectivity index is 1.40. The summed E-state index contributed by atoms with van der Waals surface area (Å²) < 4.78 is 0.961. The van der Waals surface area contributed by atoms with E-state index in [2.05, 4.69) is 32.3 Å². The van der Waals surface area contributed by atoms with Gasteiger partial charge < -0.3 is 15.4 Å². The zero-order chi connectivity index (χ0) is 24.3.